The number of benzene rings is 7. The standard InChI is InChI=1S/C66H71BN2S/c1-14-15-18-43-21-23-45(24-22-43)69-56-38-53-51(64(8,9)28-30-66(53,12)13)36-48(56)49-34-44(59-41(4)31-39(2)32-42(59)5)35-57-60(49)67(69)61-54(26-25-47-46-19-16-17-20-58(46)70-62(47)61)68(57)55-37-52-50(33-40(55)3)63(6,7)27-29-65(52,10)11/h16-17,19-26,31-38H,14-15,18,27-30H2,1-13H3. The van der Waals surface area contributed by atoms with Gasteiger partial charge in [-0.2, -0.15) is 0 Å². The van der Waals surface area contributed by atoms with Crippen LogP contribution in [0.2, 0.25) is 0 Å². The first-order chi connectivity index (χ1) is 33.3. The third-order valence-electron chi connectivity index (χ3n) is 17.9. The number of unbranched alkanes of at least 4 members (excludes halogenated alkanes) is 1. The van der Waals surface area contributed by atoms with Gasteiger partial charge in [0.1, 0.15) is 0 Å². The highest BCUT2D eigenvalue weighted by Gasteiger charge is 2.49. The molecular weight excluding hydrogens is 864 g/mol. The van der Waals surface area contributed by atoms with Gasteiger partial charge in [0.25, 0.3) is 0 Å². The number of hydrogen-bond donors (Lipinski definition) is 0. The van der Waals surface area contributed by atoms with Crippen LogP contribution in [0.25, 0.3) is 42.4 Å². The van der Waals surface area contributed by atoms with Crippen molar-refractivity contribution in [2.24, 2.45) is 0 Å². The van der Waals surface area contributed by atoms with Crippen LogP contribution in [0.15, 0.2) is 109 Å². The number of thiophene rings is 1. The molecule has 4 aliphatic rings. The molecule has 0 fully saturated rings. The Morgan fingerprint density at radius 2 is 1.13 bits per heavy atom. The van der Waals surface area contributed by atoms with E-state index in [1.54, 1.807) is 0 Å². The predicted molar refractivity (Wildman–Crippen MR) is 307 cm³/mol. The van der Waals surface area contributed by atoms with Crippen LogP contribution in [-0.2, 0) is 28.1 Å². The van der Waals surface area contributed by atoms with E-state index in [1.165, 1.54) is 170 Å². The maximum atomic E-state index is 2.80. The van der Waals surface area contributed by atoms with Crippen molar-refractivity contribution in [1.82, 2.24) is 0 Å². The Labute approximate surface area is 423 Å². The normalized spacial score (nSPS) is 17.8. The molecule has 0 atom stereocenters. The summed E-state index contributed by atoms with van der Waals surface area (Å²) in [7, 11) is 0. The van der Waals surface area contributed by atoms with Crippen molar-refractivity contribution in [2.75, 3.05) is 9.71 Å². The summed E-state index contributed by atoms with van der Waals surface area (Å²) < 4.78 is 2.74. The van der Waals surface area contributed by atoms with Gasteiger partial charge >= 0.3 is 6.85 Å². The first-order valence-corrected chi connectivity index (χ1v) is 27.3. The van der Waals surface area contributed by atoms with E-state index in [4.69, 9.17) is 0 Å². The van der Waals surface area contributed by atoms with Crippen LogP contribution in [0.1, 0.15) is 151 Å². The fourth-order valence-electron chi connectivity index (χ4n) is 13.8. The Morgan fingerprint density at radius 1 is 0.529 bits per heavy atom. The number of nitrogens with zero attached hydrogens (tertiary/aromatic N) is 2. The van der Waals surface area contributed by atoms with Crippen LogP contribution in [0.4, 0.5) is 28.4 Å². The molecule has 0 N–H and O–H groups in total. The van der Waals surface area contributed by atoms with Gasteiger partial charge in [0.15, 0.2) is 0 Å². The van der Waals surface area contributed by atoms with Gasteiger partial charge < -0.3 is 9.71 Å². The van der Waals surface area contributed by atoms with E-state index >= 15 is 0 Å². The van der Waals surface area contributed by atoms with E-state index in [0.29, 0.717) is 0 Å². The first-order valence-electron chi connectivity index (χ1n) is 26.5. The average Bonchev–Trinajstić information content (AvgIpc) is 3.70. The lowest BCUT2D eigenvalue weighted by Crippen LogP contribution is -2.62. The number of hydrogen-bond acceptors (Lipinski definition) is 3. The fourth-order valence-corrected chi connectivity index (χ4v) is 15.0. The molecule has 354 valence electrons. The molecule has 0 unspecified atom stereocenters. The van der Waals surface area contributed by atoms with Crippen molar-refractivity contribution in [2.45, 2.75) is 157 Å². The summed E-state index contributed by atoms with van der Waals surface area (Å²) in [5.41, 5.74) is 27.7. The third kappa shape index (κ3) is 6.78. The van der Waals surface area contributed by atoms with Gasteiger partial charge in [-0.25, -0.2) is 0 Å². The van der Waals surface area contributed by atoms with Crippen molar-refractivity contribution in [1.29, 1.82) is 0 Å². The van der Waals surface area contributed by atoms with Gasteiger partial charge in [-0.05, 0) is 215 Å². The van der Waals surface area contributed by atoms with Crippen LogP contribution in [0.3, 0.4) is 0 Å². The maximum Gasteiger partial charge on any atom is 0.334 e. The van der Waals surface area contributed by atoms with Crippen molar-refractivity contribution in [3.8, 4) is 22.3 Å². The summed E-state index contributed by atoms with van der Waals surface area (Å²) in [6, 6.07) is 44.4. The number of anilines is 5. The highest BCUT2D eigenvalue weighted by molar-refractivity contribution is 7.27. The molecule has 0 amide bonds. The quantitative estimate of drug-likeness (QED) is 0.153. The van der Waals surface area contributed by atoms with Crippen LogP contribution in [0, 0.1) is 27.7 Å². The Balaban J connectivity index is 1.26. The molecule has 3 heterocycles. The van der Waals surface area contributed by atoms with E-state index in [-0.39, 0.29) is 28.5 Å². The minimum absolute atomic E-state index is 0.0469. The van der Waals surface area contributed by atoms with Crippen molar-refractivity contribution in [3.05, 3.63) is 159 Å². The lowest BCUT2D eigenvalue weighted by molar-refractivity contribution is 0.332. The Hall–Kier alpha value is -5.58. The predicted octanol–water partition coefficient (Wildman–Crippen LogP) is 17.7. The Morgan fingerprint density at radius 3 is 1.77 bits per heavy atom. The number of aryl methyl sites for hydroxylation is 5. The van der Waals surface area contributed by atoms with Crippen LogP contribution in [-0.4, -0.2) is 6.85 Å². The minimum atomic E-state index is -0.0812. The van der Waals surface area contributed by atoms with Gasteiger partial charge in [-0.1, -0.05) is 129 Å². The summed E-state index contributed by atoms with van der Waals surface area (Å²) >= 11 is 1.99. The molecule has 0 radical (unpaired) electrons. The summed E-state index contributed by atoms with van der Waals surface area (Å²) in [5, 5.41) is 2.70. The molecule has 2 aliphatic carbocycles. The van der Waals surface area contributed by atoms with E-state index in [9.17, 15) is 0 Å². The number of rotatable bonds is 6. The molecule has 0 bridgehead atoms. The average molecular weight is 935 g/mol. The van der Waals surface area contributed by atoms with Gasteiger partial charge in [-0.15, -0.1) is 11.3 Å². The molecule has 1 aromatic heterocycles. The minimum Gasteiger partial charge on any atom is -0.376 e. The molecule has 0 spiro atoms. The Bertz CT molecular complexity index is 3470. The SMILES string of the molecule is CCCCc1ccc(N2B3c4c(cc(-c5c(C)cc(C)cc5C)cc4N(c4cc5c(cc4C)C(C)(C)CCC5(C)C)c4ccc5c(sc6ccccc65)c43)-c3cc4c(cc32)C(C)(C)CCC4(C)C)cc1. The molecule has 8 aromatic rings. The molecule has 0 saturated heterocycles. The zero-order valence-electron chi connectivity index (χ0n) is 44.2. The lowest BCUT2D eigenvalue weighted by Gasteiger charge is -2.49. The highest BCUT2D eigenvalue weighted by Crippen LogP contribution is 2.56. The fraction of sp³-hybridized carbons (Fsp3) is 0.364. The van der Waals surface area contributed by atoms with Crippen molar-refractivity contribution >= 4 is 77.7 Å². The van der Waals surface area contributed by atoms with Gasteiger partial charge in [0, 0.05) is 54.2 Å². The monoisotopic (exact) mass is 935 g/mol. The van der Waals surface area contributed by atoms with Crippen molar-refractivity contribution < 1.29 is 0 Å². The summed E-state index contributed by atoms with van der Waals surface area (Å²) in [6.45, 7) is 31.4. The number of fused-ring (bicyclic) bond motifs is 10. The summed E-state index contributed by atoms with van der Waals surface area (Å²) in [4.78, 5) is 5.54. The topological polar surface area (TPSA) is 6.48 Å². The molecule has 2 aliphatic heterocycles. The smallest absolute Gasteiger partial charge is 0.334 e. The van der Waals surface area contributed by atoms with Crippen molar-refractivity contribution in [3.63, 3.8) is 0 Å². The second-order valence-corrected chi connectivity index (χ2v) is 25.8. The molecular formula is C66H71BN2S. The zero-order chi connectivity index (χ0) is 49.0. The molecule has 7 aromatic carbocycles. The molecule has 0 saturated carbocycles. The molecule has 12 rings (SSSR count). The van der Waals surface area contributed by atoms with E-state index in [2.05, 4.69) is 209 Å². The maximum absolute atomic E-state index is 2.80. The van der Waals surface area contributed by atoms with Crippen LogP contribution in [0.5, 0.6) is 0 Å². The van der Waals surface area contributed by atoms with Crippen LogP contribution >= 0.6 is 11.3 Å². The molecule has 70 heavy (non-hydrogen) atoms. The van der Waals surface area contributed by atoms with Crippen LogP contribution < -0.4 is 20.6 Å². The molecule has 2 nitrogen and oxygen atoms in total. The van der Waals surface area contributed by atoms with Gasteiger partial charge in [0.2, 0.25) is 0 Å². The molecule has 4 heteroatoms. The third-order valence-corrected chi connectivity index (χ3v) is 19.2. The lowest BCUT2D eigenvalue weighted by atomic mass is 9.43. The second-order valence-electron chi connectivity index (χ2n) is 24.7. The largest absolute Gasteiger partial charge is 0.376 e. The van der Waals surface area contributed by atoms with Gasteiger partial charge in [0.05, 0.1) is 0 Å². The summed E-state index contributed by atoms with van der Waals surface area (Å²) in [6.07, 6.45) is 8.22. The van der Waals surface area contributed by atoms with E-state index in [1.807, 2.05) is 11.3 Å². The Kier molecular flexibility index (Phi) is 10.2. The van der Waals surface area contributed by atoms with E-state index in [0.717, 1.165) is 6.42 Å². The van der Waals surface area contributed by atoms with E-state index < -0.39 is 0 Å². The van der Waals surface area contributed by atoms with Gasteiger partial charge in [-0.3, -0.25) is 0 Å². The first kappa shape index (κ1) is 45.6. The zero-order valence-corrected chi connectivity index (χ0v) is 45.0. The highest BCUT2D eigenvalue weighted by atomic mass is 32.1. The second kappa shape index (κ2) is 15.7. The summed E-state index contributed by atoms with van der Waals surface area (Å²) in [5.74, 6) is 0.